The Labute approximate surface area is 115 Å². The molecule has 0 unspecified atom stereocenters. The zero-order valence-electron chi connectivity index (χ0n) is 10.2. The zero-order valence-corrected chi connectivity index (χ0v) is 11.0. The summed E-state index contributed by atoms with van der Waals surface area (Å²) < 4.78 is 1.50. The monoisotopic (exact) mass is 279 g/mol. The number of nitrogens with zero attached hydrogens (tertiary/aromatic N) is 2. The van der Waals surface area contributed by atoms with E-state index in [0.717, 1.165) is 5.69 Å². The average molecular weight is 280 g/mol. The van der Waals surface area contributed by atoms with Gasteiger partial charge in [0.1, 0.15) is 5.15 Å². The van der Waals surface area contributed by atoms with E-state index in [9.17, 15) is 4.79 Å². The number of halogens is 1. The first-order chi connectivity index (χ1) is 9.24. The first-order valence-corrected chi connectivity index (χ1v) is 6.30. The summed E-state index contributed by atoms with van der Waals surface area (Å²) in [5, 5.41) is 15.7. The molecule has 0 spiro atoms. The molecule has 0 saturated carbocycles. The summed E-state index contributed by atoms with van der Waals surface area (Å²) in [6.45, 7) is 0.444. The molecule has 0 bridgehead atoms. The predicted molar refractivity (Wildman–Crippen MR) is 72.6 cm³/mol. The van der Waals surface area contributed by atoms with Crippen LogP contribution in [0.2, 0.25) is 5.15 Å². The molecule has 100 valence electrons. The molecule has 1 aromatic carbocycles. The van der Waals surface area contributed by atoms with E-state index in [1.807, 2.05) is 30.3 Å². The molecule has 1 heterocycles. The van der Waals surface area contributed by atoms with Crippen molar-refractivity contribution in [2.75, 3.05) is 13.2 Å². The average Bonchev–Trinajstić information content (AvgIpc) is 2.82. The lowest BCUT2D eigenvalue weighted by molar-refractivity contribution is 0.0951. The Balaban J connectivity index is 2.17. The fraction of sp³-hybridized carbons (Fsp3) is 0.231. The molecular weight excluding hydrogens is 266 g/mol. The third-order valence-electron chi connectivity index (χ3n) is 2.58. The predicted octanol–water partition coefficient (Wildman–Crippen LogP) is 1.64. The SMILES string of the molecule is O=C(NCCCO)c1cnn(-c2ccccc2)c1Cl. The number of aliphatic hydroxyl groups is 1. The van der Waals surface area contributed by atoms with E-state index in [0.29, 0.717) is 18.5 Å². The third kappa shape index (κ3) is 3.13. The van der Waals surface area contributed by atoms with Crippen LogP contribution < -0.4 is 5.32 Å². The van der Waals surface area contributed by atoms with Crippen LogP contribution in [-0.2, 0) is 0 Å². The maximum absolute atomic E-state index is 11.9. The summed E-state index contributed by atoms with van der Waals surface area (Å²) in [5.41, 5.74) is 1.12. The first-order valence-electron chi connectivity index (χ1n) is 5.92. The molecule has 6 heteroatoms. The van der Waals surface area contributed by atoms with Crippen LogP contribution >= 0.6 is 11.6 Å². The molecule has 0 aliphatic carbocycles. The van der Waals surface area contributed by atoms with Gasteiger partial charge in [0.2, 0.25) is 0 Å². The normalized spacial score (nSPS) is 10.4. The quantitative estimate of drug-likeness (QED) is 0.818. The maximum Gasteiger partial charge on any atom is 0.256 e. The number of hydrogen-bond donors (Lipinski definition) is 2. The van der Waals surface area contributed by atoms with Gasteiger partial charge < -0.3 is 10.4 Å². The Morgan fingerprint density at radius 1 is 1.37 bits per heavy atom. The van der Waals surface area contributed by atoms with Gasteiger partial charge in [0.15, 0.2) is 0 Å². The highest BCUT2D eigenvalue weighted by Gasteiger charge is 2.16. The lowest BCUT2D eigenvalue weighted by atomic mass is 10.3. The summed E-state index contributed by atoms with van der Waals surface area (Å²) >= 11 is 6.16. The van der Waals surface area contributed by atoms with Gasteiger partial charge in [-0.3, -0.25) is 4.79 Å². The van der Waals surface area contributed by atoms with E-state index < -0.39 is 0 Å². The fourth-order valence-electron chi connectivity index (χ4n) is 1.61. The van der Waals surface area contributed by atoms with Crippen molar-refractivity contribution in [3.63, 3.8) is 0 Å². The summed E-state index contributed by atoms with van der Waals surface area (Å²) in [6.07, 6.45) is 1.94. The molecule has 0 fully saturated rings. The Hall–Kier alpha value is -1.85. The summed E-state index contributed by atoms with van der Waals surface area (Å²) in [4.78, 5) is 11.9. The Morgan fingerprint density at radius 2 is 2.11 bits per heavy atom. The minimum atomic E-state index is -0.291. The van der Waals surface area contributed by atoms with Crippen LogP contribution in [-0.4, -0.2) is 33.9 Å². The minimum Gasteiger partial charge on any atom is -0.396 e. The van der Waals surface area contributed by atoms with Crippen molar-refractivity contribution in [3.05, 3.63) is 47.2 Å². The van der Waals surface area contributed by atoms with Crippen molar-refractivity contribution >= 4 is 17.5 Å². The van der Waals surface area contributed by atoms with Crippen molar-refractivity contribution in [2.24, 2.45) is 0 Å². The molecule has 19 heavy (non-hydrogen) atoms. The lowest BCUT2D eigenvalue weighted by Crippen LogP contribution is -2.25. The molecular formula is C13H14ClN3O2. The number of rotatable bonds is 5. The van der Waals surface area contributed by atoms with Crippen molar-refractivity contribution in [1.29, 1.82) is 0 Å². The molecule has 5 nitrogen and oxygen atoms in total. The molecule has 0 atom stereocenters. The largest absolute Gasteiger partial charge is 0.396 e. The molecule has 1 amide bonds. The zero-order chi connectivity index (χ0) is 13.7. The highest BCUT2D eigenvalue weighted by Crippen LogP contribution is 2.19. The number of benzene rings is 1. The van der Waals surface area contributed by atoms with E-state index in [4.69, 9.17) is 16.7 Å². The van der Waals surface area contributed by atoms with Crippen LogP contribution in [0.25, 0.3) is 5.69 Å². The number of nitrogens with one attached hydrogen (secondary N) is 1. The highest BCUT2D eigenvalue weighted by molar-refractivity contribution is 6.33. The van der Waals surface area contributed by atoms with Crippen LogP contribution in [0, 0.1) is 0 Å². The maximum atomic E-state index is 11.9. The van der Waals surface area contributed by atoms with Crippen LogP contribution in [0.4, 0.5) is 0 Å². The molecule has 0 saturated heterocycles. The third-order valence-corrected chi connectivity index (χ3v) is 2.94. The van der Waals surface area contributed by atoms with Crippen LogP contribution in [0.15, 0.2) is 36.5 Å². The van der Waals surface area contributed by atoms with Gasteiger partial charge in [0.25, 0.3) is 5.91 Å². The van der Waals surface area contributed by atoms with Gasteiger partial charge in [0, 0.05) is 13.2 Å². The Bertz CT molecular complexity index is 554. The van der Waals surface area contributed by atoms with E-state index >= 15 is 0 Å². The number of carbonyl (C=O) groups excluding carboxylic acids is 1. The number of carbonyl (C=O) groups is 1. The standard InChI is InChI=1S/C13H14ClN3O2/c14-12-11(13(19)15-7-4-8-18)9-16-17(12)10-5-2-1-3-6-10/h1-3,5-6,9,18H,4,7-8H2,(H,15,19). The van der Waals surface area contributed by atoms with Crippen molar-refractivity contribution < 1.29 is 9.90 Å². The van der Waals surface area contributed by atoms with Crippen molar-refractivity contribution in [3.8, 4) is 5.69 Å². The smallest absolute Gasteiger partial charge is 0.256 e. The second-order valence-corrected chi connectivity index (χ2v) is 4.29. The molecule has 2 aromatic rings. The van der Waals surface area contributed by atoms with E-state index in [1.54, 1.807) is 0 Å². The summed E-state index contributed by atoms with van der Waals surface area (Å²) in [5.74, 6) is -0.291. The Kier molecular flexibility index (Phi) is 4.54. The number of para-hydroxylation sites is 1. The fourth-order valence-corrected chi connectivity index (χ4v) is 1.89. The summed E-state index contributed by atoms with van der Waals surface area (Å²) in [7, 11) is 0. The van der Waals surface area contributed by atoms with Crippen molar-refractivity contribution in [1.82, 2.24) is 15.1 Å². The highest BCUT2D eigenvalue weighted by atomic mass is 35.5. The second kappa shape index (κ2) is 6.36. The molecule has 0 aliphatic rings. The van der Waals surface area contributed by atoms with Gasteiger partial charge in [-0.2, -0.15) is 5.10 Å². The van der Waals surface area contributed by atoms with Crippen molar-refractivity contribution in [2.45, 2.75) is 6.42 Å². The van der Waals surface area contributed by atoms with Crippen LogP contribution in [0.3, 0.4) is 0 Å². The van der Waals surface area contributed by atoms with Crippen LogP contribution in [0.5, 0.6) is 0 Å². The number of aliphatic hydroxyl groups excluding tert-OH is 1. The molecule has 0 aliphatic heterocycles. The Morgan fingerprint density at radius 3 is 2.79 bits per heavy atom. The van der Waals surface area contributed by atoms with Gasteiger partial charge >= 0.3 is 0 Å². The molecule has 0 radical (unpaired) electrons. The topological polar surface area (TPSA) is 67.2 Å². The number of aromatic nitrogens is 2. The first kappa shape index (κ1) is 13.6. The number of hydrogen-bond acceptors (Lipinski definition) is 3. The second-order valence-electron chi connectivity index (χ2n) is 3.93. The van der Waals surface area contributed by atoms with Gasteiger partial charge in [0.05, 0.1) is 17.4 Å². The lowest BCUT2D eigenvalue weighted by Gasteiger charge is -2.04. The van der Waals surface area contributed by atoms with E-state index in [2.05, 4.69) is 10.4 Å². The minimum absolute atomic E-state index is 0.0390. The molecule has 1 aromatic heterocycles. The van der Waals surface area contributed by atoms with Gasteiger partial charge in [-0.25, -0.2) is 4.68 Å². The molecule has 2 N–H and O–H groups in total. The van der Waals surface area contributed by atoms with E-state index in [1.165, 1.54) is 10.9 Å². The van der Waals surface area contributed by atoms with Gasteiger partial charge in [-0.15, -0.1) is 0 Å². The number of amides is 1. The van der Waals surface area contributed by atoms with E-state index in [-0.39, 0.29) is 17.7 Å². The molecule has 2 rings (SSSR count). The van der Waals surface area contributed by atoms with Crippen LogP contribution in [0.1, 0.15) is 16.8 Å². The summed E-state index contributed by atoms with van der Waals surface area (Å²) in [6, 6.07) is 9.34. The van der Waals surface area contributed by atoms with Gasteiger partial charge in [-0.05, 0) is 18.6 Å². The van der Waals surface area contributed by atoms with Gasteiger partial charge in [-0.1, -0.05) is 29.8 Å².